The fourth-order valence-corrected chi connectivity index (χ4v) is 3.58. The number of aromatic nitrogens is 4. The smallest absolute Gasteiger partial charge is 0.323 e. The molecule has 4 rings (SSSR count). The van der Waals surface area contributed by atoms with Crippen LogP contribution in [0.2, 0.25) is 0 Å². The minimum Gasteiger partial charge on any atom is -0.324 e. The number of amides is 2. The van der Waals surface area contributed by atoms with E-state index < -0.39 is 0 Å². The lowest BCUT2D eigenvalue weighted by molar-refractivity contribution is 0.116. The van der Waals surface area contributed by atoms with Gasteiger partial charge in [-0.15, -0.1) is 11.3 Å². The van der Waals surface area contributed by atoms with E-state index in [2.05, 4.69) is 20.4 Å². The molecule has 1 N–H and O–H groups in total. The van der Waals surface area contributed by atoms with Crippen molar-refractivity contribution >= 4 is 22.5 Å². The van der Waals surface area contributed by atoms with E-state index in [9.17, 15) is 9.59 Å². The van der Waals surface area contributed by atoms with E-state index in [1.807, 2.05) is 19.1 Å². The summed E-state index contributed by atoms with van der Waals surface area (Å²) in [7, 11) is 0. The van der Waals surface area contributed by atoms with Crippen LogP contribution in [0.1, 0.15) is 4.88 Å². The maximum Gasteiger partial charge on any atom is 0.323 e. The average Bonchev–Trinajstić information content (AvgIpc) is 3.04. The van der Waals surface area contributed by atoms with Crippen LogP contribution >= 0.6 is 11.3 Å². The number of aryl methyl sites for hydroxylation is 1. The molecule has 1 fully saturated rings. The van der Waals surface area contributed by atoms with E-state index >= 15 is 0 Å². The maximum absolute atomic E-state index is 12.2. The van der Waals surface area contributed by atoms with Crippen molar-refractivity contribution in [3.05, 3.63) is 58.1 Å². The molecule has 9 heteroatoms. The van der Waals surface area contributed by atoms with Crippen molar-refractivity contribution in [3.63, 3.8) is 0 Å². The molecule has 1 saturated heterocycles. The average molecular weight is 382 g/mol. The lowest BCUT2D eigenvalue weighted by Gasteiger charge is -2.38. The van der Waals surface area contributed by atoms with Gasteiger partial charge in [-0.2, -0.15) is 5.10 Å². The van der Waals surface area contributed by atoms with Gasteiger partial charge in [-0.1, -0.05) is 0 Å². The van der Waals surface area contributed by atoms with Crippen molar-refractivity contribution in [1.29, 1.82) is 0 Å². The third-order valence-electron chi connectivity index (χ3n) is 4.33. The maximum atomic E-state index is 12.2. The van der Waals surface area contributed by atoms with Gasteiger partial charge in [-0.25, -0.2) is 14.5 Å². The lowest BCUT2D eigenvalue weighted by atomic mass is 10.0. The molecule has 0 atom stereocenters. The first-order valence-electron chi connectivity index (χ1n) is 8.55. The van der Waals surface area contributed by atoms with E-state index in [0.717, 1.165) is 10.4 Å². The number of rotatable bonds is 4. The quantitative estimate of drug-likeness (QED) is 0.747. The number of thiazole rings is 1. The van der Waals surface area contributed by atoms with Gasteiger partial charge in [0, 0.05) is 54.1 Å². The van der Waals surface area contributed by atoms with Crippen LogP contribution in [0.15, 0.2) is 47.7 Å². The predicted octanol–water partition coefficient (Wildman–Crippen LogP) is 2.23. The monoisotopic (exact) mass is 382 g/mol. The SMILES string of the molecule is Cc1cnc(NC(=O)N2CC(Cn3nc(-c4cccnc4)ccc3=O)C2)s1. The number of likely N-dealkylation sites (tertiary alicyclic amines) is 1. The van der Waals surface area contributed by atoms with Gasteiger partial charge >= 0.3 is 6.03 Å². The number of anilines is 1. The Bertz CT molecular complexity index is 1010. The molecule has 3 aromatic heterocycles. The predicted molar refractivity (Wildman–Crippen MR) is 103 cm³/mol. The van der Waals surface area contributed by atoms with E-state index in [1.165, 1.54) is 22.1 Å². The van der Waals surface area contributed by atoms with Crippen molar-refractivity contribution in [2.45, 2.75) is 13.5 Å². The highest BCUT2D eigenvalue weighted by atomic mass is 32.1. The van der Waals surface area contributed by atoms with Crippen LogP contribution in [0.4, 0.5) is 9.93 Å². The van der Waals surface area contributed by atoms with E-state index in [1.54, 1.807) is 29.6 Å². The lowest BCUT2D eigenvalue weighted by Crippen LogP contribution is -2.53. The highest BCUT2D eigenvalue weighted by Crippen LogP contribution is 2.21. The van der Waals surface area contributed by atoms with Gasteiger partial charge in [0.15, 0.2) is 5.13 Å². The molecule has 0 bridgehead atoms. The molecule has 4 heterocycles. The first-order chi connectivity index (χ1) is 13.1. The van der Waals surface area contributed by atoms with E-state index in [4.69, 9.17) is 0 Å². The van der Waals surface area contributed by atoms with Crippen LogP contribution in [-0.4, -0.2) is 43.8 Å². The van der Waals surface area contributed by atoms with Gasteiger partial charge in [0.05, 0.1) is 12.2 Å². The number of pyridine rings is 1. The number of carbonyl (C=O) groups excluding carboxylic acids is 1. The molecule has 0 saturated carbocycles. The summed E-state index contributed by atoms with van der Waals surface area (Å²) < 4.78 is 1.46. The van der Waals surface area contributed by atoms with Crippen LogP contribution in [-0.2, 0) is 6.54 Å². The summed E-state index contributed by atoms with van der Waals surface area (Å²) in [6.45, 7) is 3.59. The molecule has 0 spiro atoms. The van der Waals surface area contributed by atoms with Gasteiger partial charge in [-0.05, 0) is 25.1 Å². The number of hydrogen-bond donors (Lipinski definition) is 1. The first kappa shape index (κ1) is 17.3. The van der Waals surface area contributed by atoms with Gasteiger partial charge in [0.25, 0.3) is 5.56 Å². The number of nitrogens with zero attached hydrogens (tertiary/aromatic N) is 5. The van der Waals surface area contributed by atoms with E-state index in [-0.39, 0.29) is 17.5 Å². The Kier molecular flexibility index (Phi) is 4.68. The van der Waals surface area contributed by atoms with Gasteiger partial charge < -0.3 is 4.90 Å². The van der Waals surface area contributed by atoms with Crippen LogP contribution in [0.25, 0.3) is 11.3 Å². The number of nitrogens with one attached hydrogen (secondary N) is 1. The van der Waals surface area contributed by atoms with Gasteiger partial charge in [-0.3, -0.25) is 15.1 Å². The second kappa shape index (κ2) is 7.28. The van der Waals surface area contributed by atoms with E-state index in [0.29, 0.717) is 30.5 Å². The van der Waals surface area contributed by atoms with Crippen LogP contribution in [0, 0.1) is 12.8 Å². The first-order valence-corrected chi connectivity index (χ1v) is 9.37. The van der Waals surface area contributed by atoms with Crippen molar-refractivity contribution < 1.29 is 4.79 Å². The molecule has 0 radical (unpaired) electrons. The standard InChI is InChI=1S/C18H18N6O2S/c1-12-7-20-17(27-12)21-18(26)23-9-13(10-23)11-24-16(25)5-4-15(22-24)14-3-2-6-19-8-14/h2-8,13H,9-11H2,1H3,(H,20,21,26). The topological polar surface area (TPSA) is 93.0 Å². The number of hydrogen-bond acceptors (Lipinski definition) is 6. The summed E-state index contributed by atoms with van der Waals surface area (Å²) in [5.41, 5.74) is 1.42. The van der Waals surface area contributed by atoms with Gasteiger partial charge in [0.2, 0.25) is 0 Å². The molecule has 27 heavy (non-hydrogen) atoms. The van der Waals surface area contributed by atoms with Gasteiger partial charge in [0.1, 0.15) is 0 Å². The Balaban J connectivity index is 1.37. The zero-order valence-corrected chi connectivity index (χ0v) is 15.5. The Morgan fingerprint density at radius 2 is 2.15 bits per heavy atom. The Morgan fingerprint density at radius 1 is 1.30 bits per heavy atom. The van der Waals surface area contributed by atoms with Crippen molar-refractivity contribution in [1.82, 2.24) is 24.6 Å². The molecular formula is C18H18N6O2S. The number of carbonyl (C=O) groups is 1. The summed E-state index contributed by atoms with van der Waals surface area (Å²) in [6, 6.07) is 6.79. The molecule has 0 aromatic carbocycles. The number of urea groups is 1. The molecule has 3 aromatic rings. The zero-order valence-electron chi connectivity index (χ0n) is 14.7. The molecule has 0 unspecified atom stereocenters. The summed E-state index contributed by atoms with van der Waals surface area (Å²) in [4.78, 5) is 35.3. The molecule has 0 aliphatic carbocycles. The highest BCUT2D eigenvalue weighted by molar-refractivity contribution is 7.15. The summed E-state index contributed by atoms with van der Waals surface area (Å²) >= 11 is 1.44. The summed E-state index contributed by atoms with van der Waals surface area (Å²) in [6.07, 6.45) is 5.14. The Morgan fingerprint density at radius 3 is 2.85 bits per heavy atom. The van der Waals surface area contributed by atoms with Crippen molar-refractivity contribution in [2.24, 2.45) is 5.92 Å². The Hall–Kier alpha value is -3.07. The molecule has 1 aliphatic heterocycles. The fraction of sp³-hybridized carbons (Fsp3) is 0.278. The highest BCUT2D eigenvalue weighted by Gasteiger charge is 2.31. The normalized spacial score (nSPS) is 14.0. The molecule has 8 nitrogen and oxygen atoms in total. The third-order valence-corrected chi connectivity index (χ3v) is 5.16. The van der Waals surface area contributed by atoms with Crippen molar-refractivity contribution in [2.75, 3.05) is 18.4 Å². The molecular weight excluding hydrogens is 364 g/mol. The minimum atomic E-state index is -0.162. The Labute approximate surface area is 159 Å². The second-order valence-corrected chi connectivity index (χ2v) is 7.69. The largest absolute Gasteiger partial charge is 0.324 e. The van der Waals surface area contributed by atoms with Crippen LogP contribution < -0.4 is 10.9 Å². The summed E-state index contributed by atoms with van der Waals surface area (Å²) in [5, 5.41) is 7.84. The molecule has 1 aliphatic rings. The second-order valence-electron chi connectivity index (χ2n) is 6.46. The van der Waals surface area contributed by atoms with Crippen LogP contribution in [0.5, 0.6) is 0 Å². The zero-order chi connectivity index (χ0) is 18.8. The van der Waals surface area contributed by atoms with Crippen LogP contribution in [0.3, 0.4) is 0 Å². The fourth-order valence-electron chi connectivity index (χ4n) is 2.93. The minimum absolute atomic E-state index is 0.149. The summed E-state index contributed by atoms with van der Waals surface area (Å²) in [5.74, 6) is 0.197. The molecule has 2 amide bonds. The van der Waals surface area contributed by atoms with Crippen molar-refractivity contribution in [3.8, 4) is 11.3 Å². The third kappa shape index (κ3) is 3.87. The molecule has 138 valence electrons.